The zero-order valence-corrected chi connectivity index (χ0v) is 24.6. The van der Waals surface area contributed by atoms with Gasteiger partial charge in [0.2, 0.25) is 0 Å². The van der Waals surface area contributed by atoms with Crippen LogP contribution in [0.15, 0.2) is 35.2 Å². The van der Waals surface area contributed by atoms with E-state index in [1.807, 2.05) is 0 Å². The number of amides is 1. The lowest BCUT2D eigenvalue weighted by molar-refractivity contribution is -0.155. The maximum Gasteiger partial charge on any atom is 0.416 e. The quantitative estimate of drug-likeness (QED) is 0.159. The van der Waals surface area contributed by atoms with Gasteiger partial charge < -0.3 is 19.9 Å². The Labute approximate surface area is 240 Å². The largest absolute Gasteiger partial charge is 0.611 e. The summed E-state index contributed by atoms with van der Waals surface area (Å²) in [5.74, 6) is -0.743. The minimum atomic E-state index is -4.74. The number of esters is 1. The average Bonchev–Trinajstić information content (AvgIpc) is 2.82. The highest BCUT2D eigenvalue weighted by Crippen LogP contribution is 2.36. The molecule has 2 N–H and O–H groups in total. The van der Waals surface area contributed by atoms with Crippen molar-refractivity contribution in [2.45, 2.75) is 76.7 Å². The van der Waals surface area contributed by atoms with Crippen LogP contribution >= 0.6 is 23.2 Å². The van der Waals surface area contributed by atoms with E-state index in [0.717, 1.165) is 6.07 Å². The van der Waals surface area contributed by atoms with Crippen LogP contribution in [0.1, 0.15) is 74.0 Å². The number of carbonyl (C=O) groups excluding carboxylic acids is 2. The van der Waals surface area contributed by atoms with Crippen molar-refractivity contribution in [3.8, 4) is 0 Å². The summed E-state index contributed by atoms with van der Waals surface area (Å²) < 4.78 is 59.2. The molecule has 0 aliphatic rings. The lowest BCUT2D eigenvalue weighted by Crippen LogP contribution is -2.26. The number of ether oxygens (including phenoxy) is 1. The molecule has 2 rings (SSSR count). The molecule has 0 fully saturated rings. The number of rotatable bonds is 12. The molecule has 0 aliphatic carbocycles. The fourth-order valence-electron chi connectivity index (χ4n) is 3.67. The molecule has 0 bridgehead atoms. The van der Waals surface area contributed by atoms with Crippen molar-refractivity contribution in [2.24, 2.45) is 0 Å². The molecule has 0 saturated heterocycles. The second kappa shape index (κ2) is 14.6. The standard InChI is InChI=1S/C27H33Cl2F3N2O4S/c1-5-39(37)23-10-9-19(28)12-18(23)15-34-25(36)17-13-21(27(30,31)32)20(22(29)14-17)16-33-11-7-6-8-24(35)38-26(2,3)4/h9-10,12-14,33H,5-8,11,15-16H2,1-4H3,(H,34,36). The first kappa shape index (κ1) is 33.2. The van der Waals surface area contributed by atoms with Crippen molar-refractivity contribution in [2.75, 3.05) is 12.3 Å². The lowest BCUT2D eigenvalue weighted by Gasteiger charge is -2.19. The predicted molar refractivity (Wildman–Crippen MR) is 147 cm³/mol. The molecule has 0 heterocycles. The highest BCUT2D eigenvalue weighted by atomic mass is 35.5. The Morgan fingerprint density at radius 2 is 1.74 bits per heavy atom. The zero-order valence-electron chi connectivity index (χ0n) is 22.3. The van der Waals surface area contributed by atoms with Gasteiger partial charge in [0.15, 0.2) is 4.90 Å². The van der Waals surface area contributed by atoms with Crippen LogP contribution in [0.25, 0.3) is 0 Å². The van der Waals surface area contributed by atoms with Gasteiger partial charge in [-0.3, -0.25) is 9.59 Å². The summed E-state index contributed by atoms with van der Waals surface area (Å²) in [5.41, 5.74) is -1.52. The zero-order chi connectivity index (χ0) is 29.4. The molecule has 39 heavy (non-hydrogen) atoms. The van der Waals surface area contributed by atoms with E-state index in [1.165, 1.54) is 6.07 Å². The molecule has 12 heteroatoms. The fraction of sp³-hybridized carbons (Fsp3) is 0.481. The van der Waals surface area contributed by atoms with Gasteiger partial charge in [-0.1, -0.05) is 23.2 Å². The van der Waals surface area contributed by atoms with Crippen molar-refractivity contribution in [1.82, 2.24) is 10.6 Å². The number of halogens is 5. The van der Waals surface area contributed by atoms with Crippen LogP contribution in [-0.2, 0) is 40.0 Å². The first-order chi connectivity index (χ1) is 18.1. The molecule has 1 unspecified atom stereocenters. The molecule has 216 valence electrons. The molecule has 6 nitrogen and oxygen atoms in total. The molecule has 0 spiro atoms. The summed E-state index contributed by atoms with van der Waals surface area (Å²) >= 11 is 10.9. The van der Waals surface area contributed by atoms with Gasteiger partial charge in [0.25, 0.3) is 5.91 Å². The Balaban J connectivity index is 2.06. The maximum atomic E-state index is 13.9. The topological polar surface area (TPSA) is 90.5 Å². The summed E-state index contributed by atoms with van der Waals surface area (Å²) in [7, 11) is 0. The monoisotopic (exact) mass is 608 g/mol. The highest BCUT2D eigenvalue weighted by molar-refractivity contribution is 7.91. The summed E-state index contributed by atoms with van der Waals surface area (Å²) in [6, 6.07) is 6.69. The van der Waals surface area contributed by atoms with Crippen LogP contribution in [0.4, 0.5) is 13.2 Å². The van der Waals surface area contributed by atoms with Crippen LogP contribution in [0, 0.1) is 0 Å². The fourth-order valence-corrected chi connectivity index (χ4v) is 5.10. The summed E-state index contributed by atoms with van der Waals surface area (Å²) in [6.45, 7) is 7.18. The number of alkyl halides is 3. The lowest BCUT2D eigenvalue weighted by atomic mass is 10.0. The molecule has 0 saturated carbocycles. The summed E-state index contributed by atoms with van der Waals surface area (Å²) in [5, 5.41) is 5.66. The van der Waals surface area contributed by atoms with E-state index in [2.05, 4.69) is 10.6 Å². The Morgan fingerprint density at radius 1 is 1.05 bits per heavy atom. The van der Waals surface area contributed by atoms with Crippen molar-refractivity contribution in [3.63, 3.8) is 0 Å². The van der Waals surface area contributed by atoms with E-state index in [9.17, 15) is 27.3 Å². The van der Waals surface area contributed by atoms with Gasteiger partial charge >= 0.3 is 12.1 Å². The Morgan fingerprint density at radius 3 is 2.36 bits per heavy atom. The van der Waals surface area contributed by atoms with E-state index in [1.54, 1.807) is 45.9 Å². The van der Waals surface area contributed by atoms with Crippen molar-refractivity contribution in [3.05, 3.63) is 62.6 Å². The van der Waals surface area contributed by atoms with E-state index < -0.39 is 34.4 Å². The van der Waals surface area contributed by atoms with Gasteiger partial charge in [-0.05, 0) is 94.2 Å². The Hall–Kier alpha value is -1.98. The highest BCUT2D eigenvalue weighted by Gasteiger charge is 2.35. The number of benzene rings is 2. The van der Waals surface area contributed by atoms with E-state index >= 15 is 0 Å². The van der Waals surface area contributed by atoms with E-state index in [4.69, 9.17) is 27.9 Å². The number of unbranched alkanes of at least 4 members (excludes halogenated alkanes) is 1. The molecule has 1 amide bonds. The van der Waals surface area contributed by atoms with Crippen LogP contribution in [-0.4, -0.2) is 34.3 Å². The van der Waals surface area contributed by atoms with Crippen LogP contribution in [0.5, 0.6) is 0 Å². The van der Waals surface area contributed by atoms with E-state index in [-0.39, 0.29) is 41.6 Å². The molecule has 2 aromatic carbocycles. The van der Waals surface area contributed by atoms with Crippen molar-refractivity contribution in [1.29, 1.82) is 0 Å². The Bertz CT molecular complexity index is 1160. The van der Waals surface area contributed by atoms with Gasteiger partial charge in [0, 0.05) is 40.7 Å². The maximum absolute atomic E-state index is 13.9. The normalized spacial score (nSPS) is 12.8. The summed E-state index contributed by atoms with van der Waals surface area (Å²) in [4.78, 5) is 25.0. The molecule has 0 aliphatic heterocycles. The SMILES string of the molecule is CC[S+]([O-])c1ccc(Cl)cc1CNC(=O)c1cc(Cl)c(CNCCCCC(=O)OC(C)(C)C)c(C(F)(F)F)c1. The number of hydrogen-bond donors (Lipinski definition) is 2. The van der Waals surface area contributed by atoms with E-state index in [0.29, 0.717) is 40.6 Å². The predicted octanol–water partition coefficient (Wildman–Crippen LogP) is 6.67. The molecule has 0 aromatic heterocycles. The second-order valence-corrected chi connectivity index (χ2v) is 12.3. The third-order valence-electron chi connectivity index (χ3n) is 5.44. The molecular formula is C27H33Cl2F3N2O4S. The van der Waals surface area contributed by atoms with Crippen LogP contribution in [0.3, 0.4) is 0 Å². The Kier molecular flexibility index (Phi) is 12.4. The van der Waals surface area contributed by atoms with Gasteiger partial charge in [0.05, 0.1) is 5.56 Å². The first-order valence-corrected chi connectivity index (χ1v) is 14.5. The van der Waals surface area contributed by atoms with Gasteiger partial charge in [-0.2, -0.15) is 13.2 Å². The summed E-state index contributed by atoms with van der Waals surface area (Å²) in [6.07, 6.45) is -3.47. The van der Waals surface area contributed by atoms with Crippen LogP contribution < -0.4 is 10.6 Å². The third kappa shape index (κ3) is 10.8. The number of nitrogens with one attached hydrogen (secondary N) is 2. The third-order valence-corrected chi connectivity index (χ3v) is 7.42. The minimum absolute atomic E-state index is 0.0773. The second-order valence-electron chi connectivity index (χ2n) is 9.77. The minimum Gasteiger partial charge on any atom is -0.611 e. The smallest absolute Gasteiger partial charge is 0.416 e. The van der Waals surface area contributed by atoms with Gasteiger partial charge in [-0.25, -0.2) is 0 Å². The van der Waals surface area contributed by atoms with Crippen LogP contribution in [0.2, 0.25) is 10.0 Å². The molecule has 0 radical (unpaired) electrons. The number of carbonyl (C=O) groups is 2. The molecular weight excluding hydrogens is 576 g/mol. The van der Waals surface area contributed by atoms with Crippen molar-refractivity contribution < 1.29 is 32.0 Å². The average molecular weight is 610 g/mol. The number of hydrogen-bond acceptors (Lipinski definition) is 5. The first-order valence-electron chi connectivity index (χ1n) is 12.4. The molecule has 1 atom stereocenters. The van der Waals surface area contributed by atoms with Gasteiger partial charge in [0.1, 0.15) is 11.4 Å². The van der Waals surface area contributed by atoms with Crippen molar-refractivity contribution >= 4 is 46.3 Å². The van der Waals surface area contributed by atoms with Gasteiger partial charge in [-0.15, -0.1) is 0 Å². The molecule has 2 aromatic rings.